The molecule has 4 nitrogen and oxygen atoms in total. The fraction of sp³-hybridized carbons (Fsp3) is 0.850. The first kappa shape index (κ1) is 32.5. The normalized spacial score (nSPS) is 9.00. The van der Waals surface area contributed by atoms with Gasteiger partial charge in [0.15, 0.2) is 0 Å². The van der Waals surface area contributed by atoms with Gasteiger partial charge in [-0.1, -0.05) is 84.6 Å². The fourth-order valence-electron chi connectivity index (χ4n) is 1.78. The SMILES string of the molecule is C=C(C)C(=O)O.CCCCCCCCO.CCCCCCCCO.[Ti]. The molecule has 0 saturated heterocycles. The Morgan fingerprint density at radius 1 is 0.720 bits per heavy atom. The Balaban J connectivity index is -0.000000133. The molecule has 150 valence electrons. The minimum absolute atomic E-state index is 0. The number of aliphatic carboxylic acids is 1. The minimum Gasteiger partial charge on any atom is -0.478 e. The Bertz CT molecular complexity index is 220. The molecule has 0 aliphatic rings. The average Bonchev–Trinajstić information content (AvgIpc) is 2.56. The minimum atomic E-state index is -0.935. The van der Waals surface area contributed by atoms with Gasteiger partial charge < -0.3 is 15.3 Å². The van der Waals surface area contributed by atoms with Gasteiger partial charge in [0.05, 0.1) is 0 Å². The van der Waals surface area contributed by atoms with E-state index in [-0.39, 0.29) is 27.3 Å². The summed E-state index contributed by atoms with van der Waals surface area (Å²) in [7, 11) is 0. The zero-order valence-corrected chi connectivity index (χ0v) is 18.4. The molecule has 0 amide bonds. The Morgan fingerprint density at radius 3 is 1.16 bits per heavy atom. The van der Waals surface area contributed by atoms with E-state index in [9.17, 15) is 4.79 Å². The van der Waals surface area contributed by atoms with Crippen LogP contribution in [0.5, 0.6) is 0 Å². The predicted molar refractivity (Wildman–Crippen MR) is 103 cm³/mol. The van der Waals surface area contributed by atoms with Crippen molar-refractivity contribution < 1.29 is 41.8 Å². The summed E-state index contributed by atoms with van der Waals surface area (Å²) >= 11 is 0. The van der Waals surface area contributed by atoms with Crippen molar-refractivity contribution in [2.24, 2.45) is 0 Å². The second-order valence-corrected chi connectivity index (χ2v) is 6.07. The van der Waals surface area contributed by atoms with E-state index in [0.29, 0.717) is 13.2 Å². The number of unbranched alkanes of at least 4 members (excludes halogenated alkanes) is 10. The molecule has 0 aliphatic heterocycles. The molecule has 0 unspecified atom stereocenters. The molecule has 0 spiro atoms. The molecule has 5 heteroatoms. The Kier molecular flexibility index (Phi) is 41.1. The number of rotatable bonds is 13. The van der Waals surface area contributed by atoms with Gasteiger partial charge in [0.2, 0.25) is 0 Å². The number of hydrogen-bond acceptors (Lipinski definition) is 3. The molecule has 0 aromatic heterocycles. The van der Waals surface area contributed by atoms with E-state index in [4.69, 9.17) is 15.3 Å². The molecule has 0 bridgehead atoms. The number of carbonyl (C=O) groups is 1. The summed E-state index contributed by atoms with van der Waals surface area (Å²) in [5.41, 5.74) is 0.176. The van der Waals surface area contributed by atoms with Gasteiger partial charge in [-0.3, -0.25) is 0 Å². The number of hydrogen-bond donors (Lipinski definition) is 3. The van der Waals surface area contributed by atoms with Crippen LogP contribution < -0.4 is 0 Å². The first-order chi connectivity index (χ1) is 11.5. The summed E-state index contributed by atoms with van der Waals surface area (Å²) in [6.07, 6.45) is 15.0. The van der Waals surface area contributed by atoms with Crippen LogP contribution in [0.4, 0.5) is 0 Å². The van der Waals surface area contributed by atoms with Crippen LogP contribution in [-0.4, -0.2) is 34.5 Å². The summed E-state index contributed by atoms with van der Waals surface area (Å²) in [5, 5.41) is 24.7. The van der Waals surface area contributed by atoms with Crippen molar-refractivity contribution in [1.29, 1.82) is 0 Å². The first-order valence-electron chi connectivity index (χ1n) is 9.58. The van der Waals surface area contributed by atoms with Gasteiger partial charge in [-0.25, -0.2) is 4.79 Å². The number of carboxylic acid groups (broad SMARTS) is 1. The van der Waals surface area contributed by atoms with E-state index in [1.807, 2.05) is 0 Å². The van der Waals surface area contributed by atoms with E-state index in [1.54, 1.807) is 0 Å². The largest absolute Gasteiger partial charge is 0.478 e. The Hall–Kier alpha value is -0.156. The van der Waals surface area contributed by atoms with Gasteiger partial charge in [-0.05, 0) is 19.8 Å². The summed E-state index contributed by atoms with van der Waals surface area (Å²) in [5.74, 6) is -0.935. The van der Waals surface area contributed by atoms with E-state index < -0.39 is 5.97 Å². The maximum atomic E-state index is 9.60. The zero-order valence-electron chi connectivity index (χ0n) is 16.9. The summed E-state index contributed by atoms with van der Waals surface area (Å²) < 4.78 is 0. The smallest absolute Gasteiger partial charge is 0.330 e. The van der Waals surface area contributed by atoms with Gasteiger partial charge in [-0.2, -0.15) is 0 Å². The van der Waals surface area contributed by atoms with Crippen molar-refractivity contribution in [2.75, 3.05) is 13.2 Å². The van der Waals surface area contributed by atoms with Crippen molar-refractivity contribution in [3.63, 3.8) is 0 Å². The Morgan fingerprint density at radius 2 is 0.960 bits per heavy atom. The van der Waals surface area contributed by atoms with Crippen LogP contribution in [0.3, 0.4) is 0 Å². The molecule has 0 heterocycles. The van der Waals surface area contributed by atoms with Crippen LogP contribution >= 0.6 is 0 Å². The van der Waals surface area contributed by atoms with Gasteiger partial charge in [0.25, 0.3) is 0 Å². The van der Waals surface area contributed by atoms with Gasteiger partial charge in [-0.15, -0.1) is 0 Å². The van der Waals surface area contributed by atoms with Gasteiger partial charge in [0, 0.05) is 40.5 Å². The van der Waals surface area contributed by atoms with Crippen molar-refractivity contribution in [3.8, 4) is 0 Å². The number of carboxylic acids is 1. The van der Waals surface area contributed by atoms with Crippen LogP contribution in [0.25, 0.3) is 0 Å². The molecule has 0 saturated carbocycles. The first-order valence-corrected chi connectivity index (χ1v) is 9.58. The number of aliphatic hydroxyl groups excluding tert-OH is 2. The Labute approximate surface area is 171 Å². The third kappa shape index (κ3) is 45.3. The third-order valence-electron chi connectivity index (χ3n) is 3.39. The molecule has 0 rings (SSSR count). The quantitative estimate of drug-likeness (QED) is 0.224. The van der Waals surface area contributed by atoms with E-state index in [2.05, 4.69) is 20.4 Å². The van der Waals surface area contributed by atoms with Gasteiger partial charge in [0.1, 0.15) is 0 Å². The summed E-state index contributed by atoms with van der Waals surface area (Å²) in [4.78, 5) is 9.60. The summed E-state index contributed by atoms with van der Waals surface area (Å²) in [6, 6.07) is 0. The third-order valence-corrected chi connectivity index (χ3v) is 3.39. The average molecular weight is 394 g/mol. The maximum Gasteiger partial charge on any atom is 0.330 e. The maximum absolute atomic E-state index is 9.60. The molecular weight excluding hydrogens is 352 g/mol. The second-order valence-electron chi connectivity index (χ2n) is 6.07. The van der Waals surface area contributed by atoms with Crippen molar-refractivity contribution in [3.05, 3.63) is 12.2 Å². The monoisotopic (exact) mass is 394 g/mol. The van der Waals surface area contributed by atoms with Crippen LogP contribution in [0.15, 0.2) is 12.2 Å². The molecule has 0 atom stereocenters. The predicted octanol–water partition coefficient (Wildman–Crippen LogP) is 5.32. The van der Waals surface area contributed by atoms with Crippen LogP contribution in [0, 0.1) is 0 Å². The van der Waals surface area contributed by atoms with Crippen LogP contribution in [0.1, 0.15) is 97.8 Å². The van der Waals surface area contributed by atoms with Crippen molar-refractivity contribution in [2.45, 2.75) is 97.8 Å². The molecule has 0 aliphatic carbocycles. The number of aliphatic hydroxyl groups is 2. The topological polar surface area (TPSA) is 77.8 Å². The van der Waals surface area contributed by atoms with Crippen molar-refractivity contribution in [1.82, 2.24) is 0 Å². The molecule has 25 heavy (non-hydrogen) atoms. The van der Waals surface area contributed by atoms with Crippen LogP contribution in [0.2, 0.25) is 0 Å². The van der Waals surface area contributed by atoms with Gasteiger partial charge >= 0.3 is 5.97 Å². The standard InChI is InChI=1S/2C8H18O.C4H6O2.Ti/c2*1-2-3-4-5-6-7-8-9;1-3(2)4(5)6;/h2*9H,2-8H2,1H3;1H2,2H3,(H,5,6);. The molecule has 0 aromatic carbocycles. The van der Waals surface area contributed by atoms with Crippen molar-refractivity contribution >= 4 is 5.97 Å². The molecule has 0 fully saturated rings. The van der Waals surface area contributed by atoms with E-state index in [1.165, 1.54) is 71.1 Å². The van der Waals surface area contributed by atoms with Crippen LogP contribution in [-0.2, 0) is 26.5 Å². The fourth-order valence-corrected chi connectivity index (χ4v) is 1.78. The summed E-state index contributed by atoms with van der Waals surface area (Å²) in [6.45, 7) is 9.76. The zero-order chi connectivity index (χ0) is 19.1. The second kappa shape index (κ2) is 31.6. The molecule has 0 radical (unpaired) electrons. The van der Waals surface area contributed by atoms with E-state index >= 15 is 0 Å². The molecular formula is C20H42O4Ti. The van der Waals surface area contributed by atoms with E-state index in [0.717, 1.165) is 12.8 Å². The molecule has 3 N–H and O–H groups in total. The molecule has 0 aromatic rings.